The van der Waals surface area contributed by atoms with Crippen LogP contribution >= 0.6 is 15.6 Å². The zero-order valence-corrected chi connectivity index (χ0v) is 68.8. The molecule has 0 saturated heterocycles. The summed E-state index contributed by atoms with van der Waals surface area (Å²) in [6.07, 6.45) is 102. The highest BCUT2D eigenvalue weighted by atomic mass is 31.2. The number of phosphoric acid groups is 2. The van der Waals surface area contributed by atoms with Crippen molar-refractivity contribution in [1.29, 1.82) is 0 Å². The Balaban J connectivity index is 4.47. The molecule has 0 fully saturated rings. The van der Waals surface area contributed by atoms with E-state index in [2.05, 4.69) is 179 Å². The molecule has 0 bridgehead atoms. The van der Waals surface area contributed by atoms with Crippen LogP contribution < -0.4 is 0 Å². The summed E-state index contributed by atoms with van der Waals surface area (Å²) in [7, 11) is -9.81. The fourth-order valence-corrected chi connectivity index (χ4v) is 12.5. The molecule has 0 heterocycles. The van der Waals surface area contributed by atoms with Gasteiger partial charge in [-0.15, -0.1) is 0 Å². The average molecular weight is 1540 g/mol. The van der Waals surface area contributed by atoms with Crippen molar-refractivity contribution in [3.8, 4) is 0 Å². The number of hydrogen-bond acceptors (Lipinski definition) is 14. The summed E-state index contributed by atoms with van der Waals surface area (Å²) in [4.78, 5) is 58.7. The van der Waals surface area contributed by atoms with Gasteiger partial charge in [-0.3, -0.25) is 32.5 Å². The molecule has 18 heteroatoms. The van der Waals surface area contributed by atoms with Crippen molar-refractivity contribution in [3.63, 3.8) is 0 Å². The van der Waals surface area contributed by atoms with Crippen LogP contribution in [0.3, 0.4) is 0 Å². The van der Waals surface area contributed by atoms with E-state index < -0.39 is 91.5 Å². The van der Waals surface area contributed by atoms with E-state index in [1.807, 2.05) is 0 Å². The van der Waals surface area contributed by atoms with Gasteiger partial charge in [0, 0.05) is 19.3 Å². The third-order valence-corrected chi connectivity index (χ3v) is 19.1. The van der Waals surface area contributed by atoms with Crippen LogP contribution in [0.25, 0.3) is 0 Å². The van der Waals surface area contributed by atoms with Crippen LogP contribution in [0.15, 0.2) is 158 Å². The highest BCUT2D eigenvalue weighted by Gasteiger charge is 2.29. The van der Waals surface area contributed by atoms with Crippen LogP contribution in [-0.2, 0) is 55.8 Å². The van der Waals surface area contributed by atoms with E-state index in [-0.39, 0.29) is 19.3 Å². The maximum Gasteiger partial charge on any atom is 0.472 e. The zero-order chi connectivity index (χ0) is 78.0. The molecule has 0 spiro atoms. The third-order valence-electron chi connectivity index (χ3n) is 17.2. The molecule has 5 atom stereocenters. The summed E-state index contributed by atoms with van der Waals surface area (Å²) in [5, 5.41) is 20.7. The Kier molecular flexibility index (Phi) is 77.0. The van der Waals surface area contributed by atoms with Gasteiger partial charge in [-0.1, -0.05) is 320 Å². The van der Waals surface area contributed by atoms with E-state index in [9.17, 15) is 43.5 Å². The quantitative estimate of drug-likeness (QED) is 0.0146. The maximum atomic E-state index is 13.0. The predicted molar refractivity (Wildman–Crippen MR) is 445 cm³/mol. The highest BCUT2D eigenvalue weighted by Crippen LogP contribution is 2.45. The summed E-state index contributed by atoms with van der Waals surface area (Å²) in [6.45, 7) is 2.40. The van der Waals surface area contributed by atoms with Gasteiger partial charge in [-0.25, -0.2) is 9.13 Å². The van der Waals surface area contributed by atoms with Gasteiger partial charge in [0.1, 0.15) is 25.4 Å². The van der Waals surface area contributed by atoms with Crippen molar-refractivity contribution in [2.24, 2.45) is 0 Å². The molecule has 0 aliphatic heterocycles. The number of carbonyl (C=O) groups is 3. The van der Waals surface area contributed by atoms with Crippen LogP contribution in [0.4, 0.5) is 0 Å². The first-order valence-electron chi connectivity index (χ1n) is 41.8. The second-order valence-electron chi connectivity index (χ2n) is 27.5. The first-order chi connectivity index (χ1) is 52.2. The molecule has 0 saturated carbocycles. The van der Waals surface area contributed by atoms with Gasteiger partial charge in [0.05, 0.1) is 26.4 Å². The number of phosphoric ester groups is 2. The first-order valence-corrected chi connectivity index (χ1v) is 44.8. The number of aliphatic hydroxyl groups excluding tert-OH is 2. The Morgan fingerprint density at radius 1 is 0.271 bits per heavy atom. The number of rotatable bonds is 78. The number of hydrogen-bond donors (Lipinski definition) is 4. The fourth-order valence-electron chi connectivity index (χ4n) is 10.9. The van der Waals surface area contributed by atoms with Crippen molar-refractivity contribution in [2.75, 3.05) is 39.6 Å². The molecule has 0 aromatic rings. The topological polar surface area (TPSA) is 231 Å². The molecule has 0 radical (unpaired) electrons. The minimum absolute atomic E-state index is 0.0817. The van der Waals surface area contributed by atoms with Gasteiger partial charge in [0.15, 0.2) is 6.10 Å². The van der Waals surface area contributed by atoms with E-state index in [0.29, 0.717) is 19.3 Å². The van der Waals surface area contributed by atoms with Crippen molar-refractivity contribution in [1.82, 2.24) is 0 Å². The Morgan fingerprint density at radius 3 is 0.813 bits per heavy atom. The Labute approximate surface area is 650 Å². The van der Waals surface area contributed by atoms with Gasteiger partial charge in [-0.2, -0.15) is 0 Å². The molecule has 0 aromatic carbocycles. The van der Waals surface area contributed by atoms with Gasteiger partial charge in [0.25, 0.3) is 0 Å². The lowest BCUT2D eigenvalue weighted by Crippen LogP contribution is -2.30. The van der Waals surface area contributed by atoms with Gasteiger partial charge < -0.3 is 34.2 Å². The number of carbonyl (C=O) groups excluding carboxylic acids is 3. The second kappa shape index (κ2) is 80.7. The Hall–Kier alpha value is -4.83. The Morgan fingerprint density at radius 2 is 0.495 bits per heavy atom. The predicted octanol–water partition coefficient (Wildman–Crippen LogP) is 25.0. The molecule has 16 nitrogen and oxygen atoms in total. The largest absolute Gasteiger partial charge is 0.472 e. The lowest BCUT2D eigenvalue weighted by molar-refractivity contribution is -0.161. The van der Waals surface area contributed by atoms with Crippen LogP contribution in [0.1, 0.15) is 329 Å². The van der Waals surface area contributed by atoms with E-state index >= 15 is 0 Å². The third kappa shape index (κ3) is 82.0. The molecule has 0 amide bonds. The summed E-state index contributed by atoms with van der Waals surface area (Å²) >= 11 is 0. The summed E-state index contributed by atoms with van der Waals surface area (Å²) < 4.78 is 61.1. The van der Waals surface area contributed by atoms with E-state index in [1.54, 1.807) is 0 Å². The first kappa shape index (κ1) is 102. The van der Waals surface area contributed by atoms with Gasteiger partial charge >= 0.3 is 33.6 Å². The summed E-state index contributed by atoms with van der Waals surface area (Å²) in [5.41, 5.74) is 0. The van der Waals surface area contributed by atoms with Crippen molar-refractivity contribution >= 4 is 33.6 Å². The normalized spacial score (nSPS) is 14.7. The molecular formula is C89H150O16P2. The van der Waals surface area contributed by atoms with Crippen LogP contribution in [-0.4, -0.2) is 95.9 Å². The smallest absolute Gasteiger partial charge is 0.463 e. The average Bonchev–Trinajstić information content (AvgIpc) is 0.906. The SMILES string of the molecule is CC/C=C\C/C=C\C/C=C\C/C=C\C/C=C\C/C=C\CCCCCCCCCCCCCCCCCCC(=O)OCC(O)COP(=O)(O)OCC(O)COP(=O)(O)OCC(COC(=O)CCCC/C=C\C/C=C\C/C=C\C/C=C\C/C=C\C/C=C\CC)OC(=O)CCCCCCC/C=C\CCCCCCCC. The molecule has 0 rings (SSSR count). The molecule has 0 aromatic heterocycles. The highest BCUT2D eigenvalue weighted by molar-refractivity contribution is 7.47. The molecule has 0 aliphatic carbocycles. The van der Waals surface area contributed by atoms with Crippen LogP contribution in [0.5, 0.6) is 0 Å². The monoisotopic (exact) mass is 1540 g/mol. The van der Waals surface area contributed by atoms with Crippen LogP contribution in [0.2, 0.25) is 0 Å². The standard InChI is InChI=1S/C89H150O16P2/c1-4-7-10-13-16-19-22-25-28-30-32-34-35-36-37-38-39-40-41-42-43-44-45-46-47-49-51-52-55-57-60-63-66-69-72-75-87(92)99-78-84(90)79-101-106(95,96)102-80-85(91)81-103-107(97,98)104-83-86(105-89(94)77-74-71-68-65-62-59-54-27-24-21-18-15-12-9-6-3)82-100-88(93)76-73-70-67-64-61-58-56-53-50-48-33-31-29-26-23-20-17-14-11-8-5-2/h7-8,10-11,16-17,19-20,25-29,32-34,36-37,39-40,48,53-54,56,61,64,84-86,90-91H,4-6,9,12-15,18,21-24,30-31,35,38,41-47,49-52,55,57-60,62-63,65-83H2,1-3H3,(H,95,96)(H,97,98)/b10-7-,11-8-,19-16-,20-17-,28-25-,29-26-,34-32-,37-36-,40-39-,48-33-,54-27-,56-53-,64-61-. The molecule has 612 valence electrons. The van der Waals surface area contributed by atoms with Crippen molar-refractivity contribution < 1.29 is 75.8 Å². The van der Waals surface area contributed by atoms with E-state index in [0.717, 1.165) is 148 Å². The molecule has 107 heavy (non-hydrogen) atoms. The second-order valence-corrected chi connectivity index (χ2v) is 30.4. The summed E-state index contributed by atoms with van der Waals surface area (Å²) in [5.74, 6) is -1.63. The zero-order valence-electron chi connectivity index (χ0n) is 67.0. The summed E-state index contributed by atoms with van der Waals surface area (Å²) in [6, 6.07) is 0. The molecule has 0 aliphatic rings. The number of allylic oxidation sites excluding steroid dienone is 26. The minimum atomic E-state index is -4.95. The van der Waals surface area contributed by atoms with E-state index in [1.165, 1.54) is 122 Å². The number of esters is 3. The number of unbranched alkanes of at least 4 members (excludes halogenated alkanes) is 29. The molecule has 5 unspecified atom stereocenters. The molecular weight excluding hydrogens is 1390 g/mol. The van der Waals surface area contributed by atoms with E-state index in [4.69, 9.17) is 32.3 Å². The minimum Gasteiger partial charge on any atom is -0.463 e. The number of ether oxygens (including phenoxy) is 3. The van der Waals surface area contributed by atoms with Crippen molar-refractivity contribution in [3.05, 3.63) is 158 Å². The lowest BCUT2D eigenvalue weighted by Gasteiger charge is -2.21. The van der Waals surface area contributed by atoms with Crippen LogP contribution in [0, 0.1) is 0 Å². The van der Waals surface area contributed by atoms with Gasteiger partial charge in [0.2, 0.25) is 0 Å². The Bertz CT molecular complexity index is 2580. The maximum absolute atomic E-state index is 13.0. The van der Waals surface area contributed by atoms with Gasteiger partial charge in [-0.05, 0) is 148 Å². The lowest BCUT2D eigenvalue weighted by atomic mass is 10.0. The van der Waals surface area contributed by atoms with Crippen molar-refractivity contribution in [2.45, 2.75) is 347 Å². The molecule has 4 N–H and O–H groups in total. The fraction of sp³-hybridized carbons (Fsp3) is 0.674. The number of aliphatic hydroxyl groups is 2.